The topological polar surface area (TPSA) is 17.0 Å². The normalized spacial score (nSPS) is 14.2. The van der Waals surface area contributed by atoms with E-state index in [2.05, 4.69) is 5.32 Å². The summed E-state index contributed by atoms with van der Waals surface area (Å²) in [5.74, 6) is 0. The van der Waals surface area contributed by atoms with Gasteiger partial charge in [0, 0.05) is 18.4 Å². The third-order valence-electron chi connectivity index (χ3n) is 2.29. The molecule has 1 rings (SSSR count). The van der Waals surface area contributed by atoms with E-state index in [0.717, 1.165) is 16.6 Å². The Bertz CT molecular complexity index is 300. The highest BCUT2D eigenvalue weighted by atomic mass is 19.4. The summed E-state index contributed by atoms with van der Waals surface area (Å²) in [6.45, 7) is 1.06. The Kier molecular flexibility index (Phi) is 3.79. The molecule has 0 aliphatic rings. The first-order valence-corrected chi connectivity index (χ1v) is 4.86. The highest BCUT2D eigenvalue weighted by Crippen LogP contribution is 2.21. The van der Waals surface area contributed by atoms with Crippen LogP contribution < -0.4 is 5.32 Å². The van der Waals surface area contributed by atoms with E-state index in [0.29, 0.717) is 0 Å². The lowest BCUT2D eigenvalue weighted by molar-refractivity contribution is -0.140. The summed E-state index contributed by atoms with van der Waals surface area (Å²) in [4.78, 5) is 0. The SMILES string of the molecule is CCC(NC)c1ccn(CC(F)(F)F)c1. The second-order valence-electron chi connectivity index (χ2n) is 3.48. The zero-order valence-corrected chi connectivity index (χ0v) is 8.80. The van der Waals surface area contributed by atoms with Gasteiger partial charge in [-0.25, -0.2) is 0 Å². The number of rotatable bonds is 4. The number of alkyl halides is 3. The Hall–Kier alpha value is -0.970. The summed E-state index contributed by atoms with van der Waals surface area (Å²) in [7, 11) is 1.80. The molecule has 0 radical (unpaired) electrons. The van der Waals surface area contributed by atoms with Gasteiger partial charge in [0.2, 0.25) is 0 Å². The van der Waals surface area contributed by atoms with Crippen molar-refractivity contribution >= 4 is 0 Å². The van der Waals surface area contributed by atoms with Gasteiger partial charge in [0.15, 0.2) is 0 Å². The number of nitrogens with zero attached hydrogens (tertiary/aromatic N) is 1. The van der Waals surface area contributed by atoms with Gasteiger partial charge in [0.05, 0.1) is 0 Å². The first-order chi connectivity index (χ1) is 6.96. The molecule has 15 heavy (non-hydrogen) atoms. The van der Waals surface area contributed by atoms with Crippen molar-refractivity contribution in [3.05, 3.63) is 24.0 Å². The number of halogens is 3. The van der Waals surface area contributed by atoms with Crippen LogP contribution >= 0.6 is 0 Å². The quantitative estimate of drug-likeness (QED) is 0.825. The average Bonchev–Trinajstić information content (AvgIpc) is 2.52. The molecule has 1 unspecified atom stereocenters. The van der Waals surface area contributed by atoms with E-state index in [9.17, 15) is 13.2 Å². The number of hydrogen-bond donors (Lipinski definition) is 1. The minimum Gasteiger partial charge on any atom is -0.345 e. The summed E-state index contributed by atoms with van der Waals surface area (Å²) < 4.78 is 37.4. The van der Waals surface area contributed by atoms with Crippen LogP contribution in [0.5, 0.6) is 0 Å². The van der Waals surface area contributed by atoms with E-state index in [1.54, 1.807) is 13.1 Å². The van der Waals surface area contributed by atoms with Gasteiger partial charge >= 0.3 is 6.18 Å². The zero-order valence-electron chi connectivity index (χ0n) is 8.80. The molecule has 0 saturated carbocycles. The van der Waals surface area contributed by atoms with Crippen LogP contribution in [0.3, 0.4) is 0 Å². The molecular formula is C10H15F3N2. The maximum absolute atomic E-state index is 12.1. The average molecular weight is 220 g/mol. The molecule has 0 bridgehead atoms. The molecule has 1 atom stereocenters. The van der Waals surface area contributed by atoms with Crippen LogP contribution in [0.2, 0.25) is 0 Å². The van der Waals surface area contributed by atoms with Gasteiger partial charge in [-0.1, -0.05) is 6.92 Å². The Morgan fingerprint density at radius 2 is 2.13 bits per heavy atom. The fourth-order valence-corrected chi connectivity index (χ4v) is 1.58. The number of aromatic nitrogens is 1. The maximum atomic E-state index is 12.1. The lowest BCUT2D eigenvalue weighted by Crippen LogP contribution is -2.17. The third-order valence-corrected chi connectivity index (χ3v) is 2.29. The lowest BCUT2D eigenvalue weighted by atomic mass is 10.1. The third kappa shape index (κ3) is 3.58. The van der Waals surface area contributed by atoms with Crippen molar-refractivity contribution in [1.82, 2.24) is 9.88 Å². The van der Waals surface area contributed by atoms with Crippen LogP contribution in [0.4, 0.5) is 13.2 Å². The minimum atomic E-state index is -4.16. The summed E-state index contributed by atoms with van der Waals surface area (Å²) in [6, 6.07) is 1.84. The van der Waals surface area contributed by atoms with Gasteiger partial charge in [-0.3, -0.25) is 0 Å². The molecule has 1 aromatic heterocycles. The molecule has 0 spiro atoms. The van der Waals surface area contributed by atoms with Crippen molar-refractivity contribution in [3.8, 4) is 0 Å². The van der Waals surface area contributed by atoms with Crippen LogP contribution in [0.25, 0.3) is 0 Å². The zero-order chi connectivity index (χ0) is 11.5. The van der Waals surface area contributed by atoms with E-state index >= 15 is 0 Å². The lowest BCUT2D eigenvalue weighted by Gasteiger charge is -2.11. The van der Waals surface area contributed by atoms with Gasteiger partial charge < -0.3 is 9.88 Å². The van der Waals surface area contributed by atoms with Crippen molar-refractivity contribution < 1.29 is 13.2 Å². The predicted octanol–water partition coefficient (Wildman–Crippen LogP) is 2.72. The van der Waals surface area contributed by atoms with Gasteiger partial charge in [-0.2, -0.15) is 13.2 Å². The van der Waals surface area contributed by atoms with Crippen LogP contribution in [-0.4, -0.2) is 17.8 Å². The summed E-state index contributed by atoms with van der Waals surface area (Å²) >= 11 is 0. The number of nitrogens with one attached hydrogen (secondary N) is 1. The molecule has 86 valence electrons. The Morgan fingerprint density at radius 3 is 2.60 bits per heavy atom. The van der Waals surface area contributed by atoms with E-state index < -0.39 is 12.7 Å². The van der Waals surface area contributed by atoms with E-state index in [1.165, 1.54) is 12.4 Å². The molecule has 0 amide bonds. The summed E-state index contributed by atoms with van der Waals surface area (Å²) in [6.07, 6.45) is -0.300. The monoisotopic (exact) mass is 220 g/mol. The van der Waals surface area contributed by atoms with E-state index in [1.807, 2.05) is 6.92 Å². The molecule has 0 aliphatic carbocycles. The van der Waals surface area contributed by atoms with Gasteiger partial charge in [0.1, 0.15) is 6.54 Å². The van der Waals surface area contributed by atoms with Gasteiger partial charge in [-0.15, -0.1) is 0 Å². The maximum Gasteiger partial charge on any atom is 0.406 e. The van der Waals surface area contributed by atoms with E-state index in [4.69, 9.17) is 0 Å². The highest BCUT2D eigenvalue weighted by molar-refractivity contribution is 5.15. The molecule has 1 aromatic rings. The summed E-state index contributed by atoms with van der Waals surface area (Å²) in [5.41, 5.74) is 0.893. The van der Waals surface area contributed by atoms with Crippen molar-refractivity contribution in [2.24, 2.45) is 0 Å². The Balaban J connectivity index is 2.71. The van der Waals surface area contributed by atoms with Crippen molar-refractivity contribution in [2.75, 3.05) is 7.05 Å². The molecular weight excluding hydrogens is 205 g/mol. The largest absolute Gasteiger partial charge is 0.406 e. The van der Waals surface area contributed by atoms with Crippen molar-refractivity contribution in [2.45, 2.75) is 32.1 Å². The molecule has 2 nitrogen and oxygen atoms in total. The van der Waals surface area contributed by atoms with Crippen LogP contribution in [0, 0.1) is 0 Å². The van der Waals surface area contributed by atoms with E-state index in [-0.39, 0.29) is 6.04 Å². The molecule has 0 aliphatic heterocycles. The van der Waals surface area contributed by atoms with Crippen LogP contribution in [-0.2, 0) is 6.54 Å². The predicted molar refractivity (Wildman–Crippen MR) is 52.6 cm³/mol. The Labute approximate surface area is 87.1 Å². The number of hydrogen-bond acceptors (Lipinski definition) is 1. The first-order valence-electron chi connectivity index (χ1n) is 4.86. The fourth-order valence-electron chi connectivity index (χ4n) is 1.58. The molecule has 1 heterocycles. The minimum absolute atomic E-state index is 0.125. The second-order valence-corrected chi connectivity index (χ2v) is 3.48. The van der Waals surface area contributed by atoms with Gasteiger partial charge in [0.25, 0.3) is 0 Å². The molecule has 0 aromatic carbocycles. The van der Waals surface area contributed by atoms with Crippen LogP contribution in [0.1, 0.15) is 24.9 Å². The highest BCUT2D eigenvalue weighted by Gasteiger charge is 2.27. The fraction of sp³-hybridized carbons (Fsp3) is 0.600. The molecule has 0 saturated heterocycles. The van der Waals surface area contributed by atoms with Crippen molar-refractivity contribution in [1.29, 1.82) is 0 Å². The molecule has 0 fully saturated rings. The molecule has 1 N–H and O–H groups in total. The standard InChI is InChI=1S/C10H15F3N2/c1-3-9(14-2)8-4-5-15(6-8)7-10(11,12)13/h4-6,9,14H,3,7H2,1-2H3. The van der Waals surface area contributed by atoms with Crippen molar-refractivity contribution in [3.63, 3.8) is 0 Å². The first kappa shape index (κ1) is 12.1. The summed E-state index contributed by atoms with van der Waals surface area (Å²) in [5, 5.41) is 3.05. The smallest absolute Gasteiger partial charge is 0.345 e. The molecule has 5 heteroatoms. The Morgan fingerprint density at radius 1 is 1.47 bits per heavy atom. The van der Waals surface area contributed by atoms with Gasteiger partial charge in [-0.05, 0) is 25.1 Å². The second kappa shape index (κ2) is 4.70. The van der Waals surface area contributed by atoms with Crippen LogP contribution in [0.15, 0.2) is 18.5 Å².